The van der Waals surface area contributed by atoms with Gasteiger partial charge in [-0.25, -0.2) is 4.79 Å². The maximum absolute atomic E-state index is 12.4. The van der Waals surface area contributed by atoms with Crippen molar-refractivity contribution < 1.29 is 54.8 Å². The zero-order valence-electron chi connectivity index (χ0n) is 23.2. The van der Waals surface area contributed by atoms with Crippen molar-refractivity contribution in [1.82, 2.24) is 0 Å². The summed E-state index contributed by atoms with van der Waals surface area (Å²) in [6.45, 7) is 3.74. The van der Waals surface area contributed by atoms with E-state index in [1.807, 2.05) is 6.92 Å². The molecule has 6 aliphatic rings. The Hall–Kier alpha value is -1.15. The molecule has 0 aromatic carbocycles. The Bertz CT molecular complexity index is 1050. The van der Waals surface area contributed by atoms with Crippen LogP contribution < -0.4 is 0 Å². The Morgan fingerprint density at radius 1 is 0.975 bits per heavy atom. The summed E-state index contributed by atoms with van der Waals surface area (Å²) in [7, 11) is 0. The molecule has 6 rings (SSSR count). The number of aliphatic hydroxyl groups is 7. The average Bonchev–Trinajstić information content (AvgIpc) is 3.45. The van der Waals surface area contributed by atoms with Crippen molar-refractivity contribution >= 4 is 5.97 Å². The smallest absolute Gasteiger partial charge is 0.331 e. The first-order valence-electron chi connectivity index (χ1n) is 14.7. The number of hydrogen-bond acceptors (Lipinski definition) is 11. The minimum Gasteiger partial charge on any atom is -0.458 e. The third-order valence-corrected chi connectivity index (χ3v) is 12.3. The van der Waals surface area contributed by atoms with Crippen molar-refractivity contribution in [2.45, 2.75) is 119 Å². The van der Waals surface area contributed by atoms with E-state index in [1.165, 1.54) is 0 Å². The van der Waals surface area contributed by atoms with Gasteiger partial charge in [-0.3, -0.25) is 0 Å². The highest BCUT2D eigenvalue weighted by Crippen LogP contribution is 2.70. The average molecular weight is 569 g/mol. The highest BCUT2D eigenvalue weighted by atomic mass is 16.7. The molecule has 2 heterocycles. The fourth-order valence-corrected chi connectivity index (χ4v) is 9.92. The standard InChI is InChI=1S/C29H44O11/c1-26-6-3-17-18(29(26,37)8-5-16(26)14-9-21(32)38-13-14)4-7-28(36)11-15(10-20(31)27(17,28)2)39-25-24(35)23(34)22(33)19(12-30)40-25/h9,15-20,22-25,30-31,33-37H,3-8,10-13H2,1-2H3. The minimum atomic E-state index is -1.58. The van der Waals surface area contributed by atoms with Crippen molar-refractivity contribution in [2.75, 3.05) is 13.2 Å². The molecule has 5 fully saturated rings. The number of hydrogen-bond donors (Lipinski definition) is 7. The molecular formula is C29H44O11. The van der Waals surface area contributed by atoms with Crippen LogP contribution in [0.4, 0.5) is 0 Å². The molecule has 0 amide bonds. The predicted molar refractivity (Wildman–Crippen MR) is 137 cm³/mol. The third kappa shape index (κ3) is 3.85. The summed E-state index contributed by atoms with van der Waals surface area (Å²) in [5.74, 6) is -0.547. The number of carbonyl (C=O) groups is 1. The molecule has 0 aromatic rings. The summed E-state index contributed by atoms with van der Waals surface area (Å²) in [6.07, 6.45) is -3.18. The van der Waals surface area contributed by atoms with Gasteiger partial charge >= 0.3 is 5.97 Å². The highest BCUT2D eigenvalue weighted by Gasteiger charge is 2.72. The fraction of sp³-hybridized carbons (Fsp3) is 0.897. The van der Waals surface area contributed by atoms with Gasteiger partial charge < -0.3 is 50.0 Å². The Morgan fingerprint density at radius 2 is 1.70 bits per heavy atom. The van der Waals surface area contributed by atoms with E-state index in [9.17, 15) is 40.5 Å². The minimum absolute atomic E-state index is 0.0473. The first kappa shape index (κ1) is 28.9. The lowest BCUT2D eigenvalue weighted by atomic mass is 9.41. The van der Waals surface area contributed by atoms with E-state index in [2.05, 4.69) is 6.92 Å². The maximum atomic E-state index is 12.4. The van der Waals surface area contributed by atoms with Gasteiger partial charge in [0.15, 0.2) is 6.29 Å². The molecule has 4 saturated carbocycles. The van der Waals surface area contributed by atoms with Crippen LogP contribution in [0.25, 0.3) is 0 Å². The molecule has 1 saturated heterocycles. The molecule has 0 spiro atoms. The van der Waals surface area contributed by atoms with Gasteiger partial charge in [-0.15, -0.1) is 0 Å². The molecular weight excluding hydrogens is 524 g/mol. The fourth-order valence-electron chi connectivity index (χ4n) is 9.92. The van der Waals surface area contributed by atoms with Gasteiger partial charge in [0.1, 0.15) is 31.0 Å². The number of fused-ring (bicyclic) bond motifs is 5. The molecule has 0 radical (unpaired) electrons. The number of carbonyl (C=O) groups excluding carboxylic acids is 1. The first-order chi connectivity index (χ1) is 18.8. The van der Waals surface area contributed by atoms with E-state index in [1.54, 1.807) is 6.08 Å². The van der Waals surface area contributed by atoms with E-state index in [4.69, 9.17) is 14.2 Å². The number of cyclic esters (lactones) is 1. The van der Waals surface area contributed by atoms with Crippen LogP contribution in [0.15, 0.2) is 11.6 Å². The summed E-state index contributed by atoms with van der Waals surface area (Å²) in [6, 6.07) is 0. The van der Waals surface area contributed by atoms with Gasteiger partial charge in [-0.2, -0.15) is 0 Å². The summed E-state index contributed by atoms with van der Waals surface area (Å²) in [5, 5.41) is 76.4. The number of esters is 1. The van der Waals surface area contributed by atoms with E-state index >= 15 is 0 Å². The van der Waals surface area contributed by atoms with Crippen LogP contribution in [0, 0.1) is 28.6 Å². The van der Waals surface area contributed by atoms with Crippen LogP contribution in [0.1, 0.15) is 65.2 Å². The van der Waals surface area contributed by atoms with E-state index in [-0.39, 0.29) is 43.2 Å². The Balaban J connectivity index is 1.22. The highest BCUT2D eigenvalue weighted by molar-refractivity contribution is 5.85. The van der Waals surface area contributed by atoms with Crippen molar-refractivity contribution in [1.29, 1.82) is 0 Å². The van der Waals surface area contributed by atoms with E-state index in [0.717, 1.165) is 18.4 Å². The van der Waals surface area contributed by atoms with Crippen molar-refractivity contribution in [3.63, 3.8) is 0 Å². The van der Waals surface area contributed by atoms with Crippen LogP contribution in [0.3, 0.4) is 0 Å². The monoisotopic (exact) mass is 568 g/mol. The molecule has 14 atom stereocenters. The lowest BCUT2D eigenvalue weighted by molar-refractivity contribution is -0.333. The second-order valence-corrected chi connectivity index (χ2v) is 13.8. The predicted octanol–water partition coefficient (Wildman–Crippen LogP) is -0.486. The topological polar surface area (TPSA) is 186 Å². The molecule has 7 N–H and O–H groups in total. The molecule has 11 heteroatoms. The second kappa shape index (κ2) is 9.68. The van der Waals surface area contributed by atoms with E-state index < -0.39 is 71.6 Å². The maximum Gasteiger partial charge on any atom is 0.331 e. The van der Waals surface area contributed by atoms with Crippen LogP contribution in [0.5, 0.6) is 0 Å². The normalized spacial score (nSPS) is 56.1. The van der Waals surface area contributed by atoms with Gasteiger partial charge in [-0.05, 0) is 61.9 Å². The third-order valence-electron chi connectivity index (χ3n) is 12.3. The van der Waals surface area contributed by atoms with Crippen molar-refractivity contribution in [3.8, 4) is 0 Å². The molecule has 40 heavy (non-hydrogen) atoms. The summed E-state index contributed by atoms with van der Waals surface area (Å²) in [5.41, 5.74) is -2.70. The van der Waals surface area contributed by atoms with Crippen LogP contribution in [-0.4, -0.2) is 109 Å². The molecule has 4 aliphatic carbocycles. The van der Waals surface area contributed by atoms with E-state index in [0.29, 0.717) is 25.7 Å². The summed E-state index contributed by atoms with van der Waals surface area (Å²) in [4.78, 5) is 11.8. The van der Waals surface area contributed by atoms with Crippen molar-refractivity contribution in [2.24, 2.45) is 28.6 Å². The van der Waals surface area contributed by atoms with Gasteiger partial charge in [0.2, 0.25) is 0 Å². The van der Waals surface area contributed by atoms with Crippen LogP contribution in [0.2, 0.25) is 0 Å². The van der Waals surface area contributed by atoms with Gasteiger partial charge in [0, 0.05) is 29.7 Å². The Labute approximate surface area is 233 Å². The zero-order valence-corrected chi connectivity index (χ0v) is 23.2. The van der Waals surface area contributed by atoms with Gasteiger partial charge in [0.05, 0.1) is 30.0 Å². The first-order valence-corrected chi connectivity index (χ1v) is 14.7. The van der Waals surface area contributed by atoms with Gasteiger partial charge in [0.25, 0.3) is 0 Å². The van der Waals surface area contributed by atoms with Crippen LogP contribution >= 0.6 is 0 Å². The Kier molecular flexibility index (Phi) is 7.01. The molecule has 0 aromatic heterocycles. The molecule has 11 nitrogen and oxygen atoms in total. The zero-order chi connectivity index (χ0) is 28.8. The SMILES string of the molecule is CC12CCC3C(CCC4(O)CC(OC5OC(CO)C(O)C(O)C5O)CC(O)C34C)C1(O)CCC2C1=CC(=O)OC1. The summed E-state index contributed by atoms with van der Waals surface area (Å²) < 4.78 is 16.7. The largest absolute Gasteiger partial charge is 0.458 e. The number of ether oxygens (including phenoxy) is 3. The van der Waals surface area contributed by atoms with Gasteiger partial charge in [-0.1, -0.05) is 13.8 Å². The van der Waals surface area contributed by atoms with Crippen LogP contribution in [-0.2, 0) is 19.0 Å². The molecule has 0 bridgehead atoms. The number of aliphatic hydroxyl groups excluding tert-OH is 5. The second-order valence-electron chi connectivity index (χ2n) is 13.8. The molecule has 226 valence electrons. The summed E-state index contributed by atoms with van der Waals surface area (Å²) >= 11 is 0. The van der Waals surface area contributed by atoms with Crippen molar-refractivity contribution in [3.05, 3.63) is 11.6 Å². The Morgan fingerprint density at radius 3 is 2.38 bits per heavy atom. The molecule has 14 unspecified atom stereocenters. The lowest BCUT2D eigenvalue weighted by Gasteiger charge is -2.67. The number of rotatable bonds is 4. The lowest BCUT2D eigenvalue weighted by Crippen LogP contribution is -2.71. The quantitative estimate of drug-likeness (QED) is 0.171. The molecule has 2 aliphatic heterocycles.